The van der Waals surface area contributed by atoms with Gasteiger partial charge in [-0.05, 0) is 22.6 Å². The zero-order valence-electron chi connectivity index (χ0n) is 10.3. The molecule has 1 aliphatic heterocycles. The van der Waals surface area contributed by atoms with Crippen molar-refractivity contribution in [2.24, 2.45) is 0 Å². The molecule has 20 heavy (non-hydrogen) atoms. The number of benzene rings is 1. The molecule has 1 aromatic heterocycles. The van der Waals surface area contributed by atoms with Gasteiger partial charge in [-0.3, -0.25) is 0 Å². The number of carbonyl (C=O) groups excluding carboxylic acids is 2. The molecule has 102 valence electrons. The van der Waals surface area contributed by atoms with Crippen molar-refractivity contribution < 1.29 is 19.1 Å². The maximum absolute atomic E-state index is 12.2. The van der Waals surface area contributed by atoms with Crippen LogP contribution in [0.15, 0.2) is 30.6 Å². The van der Waals surface area contributed by atoms with E-state index in [2.05, 4.69) is 15.5 Å². The first-order valence-electron chi connectivity index (χ1n) is 5.96. The largest absolute Gasteiger partial charge is 0.463 e. The first-order chi connectivity index (χ1) is 9.75. The van der Waals surface area contributed by atoms with Crippen LogP contribution in [0.25, 0.3) is 5.69 Å². The van der Waals surface area contributed by atoms with Crippen LogP contribution in [0.5, 0.6) is 0 Å². The zero-order chi connectivity index (χ0) is 13.9. The van der Waals surface area contributed by atoms with Gasteiger partial charge in [0.15, 0.2) is 0 Å². The lowest BCUT2D eigenvalue weighted by Crippen LogP contribution is -2.23. The normalized spacial score (nSPS) is 17.8. The van der Waals surface area contributed by atoms with E-state index >= 15 is 0 Å². The molecule has 0 spiro atoms. The van der Waals surface area contributed by atoms with E-state index in [4.69, 9.17) is 9.47 Å². The van der Waals surface area contributed by atoms with Gasteiger partial charge in [0.25, 0.3) is 0 Å². The molecule has 2 aromatic rings. The lowest BCUT2D eigenvalue weighted by atomic mass is 10.2. The van der Waals surface area contributed by atoms with Crippen molar-refractivity contribution >= 4 is 11.9 Å². The third kappa shape index (κ3) is 2.22. The van der Waals surface area contributed by atoms with Gasteiger partial charge in [-0.15, -0.1) is 5.10 Å². The lowest BCUT2D eigenvalue weighted by molar-refractivity contribution is -0.145. The molecule has 0 radical (unpaired) electrons. The molecule has 0 saturated carbocycles. The van der Waals surface area contributed by atoms with Gasteiger partial charge in [-0.2, -0.15) is 4.68 Å². The zero-order valence-corrected chi connectivity index (χ0v) is 10.3. The maximum Gasteiger partial charge on any atom is 0.347 e. The summed E-state index contributed by atoms with van der Waals surface area (Å²) in [6.45, 7) is 0.269. The molecule has 1 saturated heterocycles. The van der Waals surface area contributed by atoms with Crippen molar-refractivity contribution in [3.63, 3.8) is 0 Å². The minimum absolute atomic E-state index is 0.269. The summed E-state index contributed by atoms with van der Waals surface area (Å²) in [5, 5.41) is 10.8. The Balaban J connectivity index is 1.86. The Morgan fingerprint density at radius 3 is 2.95 bits per heavy atom. The monoisotopic (exact) mass is 274 g/mol. The predicted molar refractivity (Wildman–Crippen MR) is 63.9 cm³/mol. The smallest absolute Gasteiger partial charge is 0.347 e. The molecule has 1 atom stereocenters. The molecule has 8 heteroatoms. The quantitative estimate of drug-likeness (QED) is 0.734. The molecular weight excluding hydrogens is 264 g/mol. The number of nitrogens with zero attached hydrogens (tertiary/aromatic N) is 4. The van der Waals surface area contributed by atoms with E-state index in [1.165, 1.54) is 11.0 Å². The van der Waals surface area contributed by atoms with Crippen LogP contribution in [-0.2, 0) is 14.3 Å². The van der Waals surface area contributed by atoms with E-state index < -0.39 is 18.0 Å². The Morgan fingerprint density at radius 2 is 2.25 bits per heavy atom. The van der Waals surface area contributed by atoms with Crippen molar-refractivity contribution in [3.05, 3.63) is 36.2 Å². The van der Waals surface area contributed by atoms with Crippen molar-refractivity contribution in [2.75, 3.05) is 6.61 Å². The van der Waals surface area contributed by atoms with Crippen LogP contribution in [0.3, 0.4) is 0 Å². The lowest BCUT2D eigenvalue weighted by Gasteiger charge is -2.11. The van der Waals surface area contributed by atoms with Crippen LogP contribution in [0, 0.1) is 0 Å². The highest BCUT2D eigenvalue weighted by Crippen LogP contribution is 2.17. The number of ether oxygens (including phenoxy) is 2. The molecular formula is C12H10N4O4. The molecule has 8 nitrogen and oxygen atoms in total. The number of cyclic esters (lactones) is 1. The fourth-order valence-electron chi connectivity index (χ4n) is 1.89. The Kier molecular flexibility index (Phi) is 3.12. The number of esters is 2. The number of hydrogen-bond donors (Lipinski definition) is 0. The van der Waals surface area contributed by atoms with Crippen LogP contribution >= 0.6 is 0 Å². The van der Waals surface area contributed by atoms with Crippen LogP contribution in [-0.4, -0.2) is 44.9 Å². The van der Waals surface area contributed by atoms with Gasteiger partial charge < -0.3 is 9.47 Å². The van der Waals surface area contributed by atoms with Gasteiger partial charge in [0.05, 0.1) is 17.9 Å². The summed E-state index contributed by atoms with van der Waals surface area (Å²) in [5.41, 5.74) is 0.758. The van der Waals surface area contributed by atoms with Gasteiger partial charge in [-0.1, -0.05) is 12.1 Å². The van der Waals surface area contributed by atoms with Crippen molar-refractivity contribution in [2.45, 2.75) is 12.5 Å². The minimum Gasteiger partial charge on any atom is -0.463 e. The fourth-order valence-corrected chi connectivity index (χ4v) is 1.89. The molecule has 0 N–H and O–H groups in total. The SMILES string of the molecule is O=C(O[C@H]1CCOC1=O)c1ccccc1-n1cnnn1. The number of aromatic nitrogens is 4. The van der Waals surface area contributed by atoms with E-state index in [-0.39, 0.29) is 12.2 Å². The van der Waals surface area contributed by atoms with Gasteiger partial charge in [0.1, 0.15) is 6.33 Å². The summed E-state index contributed by atoms with van der Waals surface area (Å²) >= 11 is 0. The van der Waals surface area contributed by atoms with Crippen LogP contribution in [0.1, 0.15) is 16.8 Å². The average Bonchev–Trinajstić information content (AvgIpc) is 3.11. The van der Waals surface area contributed by atoms with Gasteiger partial charge in [0, 0.05) is 6.42 Å². The molecule has 1 fully saturated rings. The average molecular weight is 274 g/mol. The predicted octanol–water partition coefficient (Wildman–Crippen LogP) is 0.135. The number of rotatable bonds is 3. The van der Waals surface area contributed by atoms with Crippen LogP contribution in [0.4, 0.5) is 0 Å². The molecule has 3 rings (SSSR count). The third-order valence-electron chi connectivity index (χ3n) is 2.86. The number of carbonyl (C=O) groups is 2. The van der Waals surface area contributed by atoms with E-state index in [0.29, 0.717) is 12.1 Å². The third-order valence-corrected chi connectivity index (χ3v) is 2.86. The highest BCUT2D eigenvalue weighted by Gasteiger charge is 2.31. The minimum atomic E-state index is -0.843. The Hall–Kier alpha value is -2.77. The Bertz CT molecular complexity index is 641. The molecule has 1 aromatic carbocycles. The summed E-state index contributed by atoms with van der Waals surface area (Å²) in [6, 6.07) is 6.70. The molecule has 0 bridgehead atoms. The first kappa shape index (κ1) is 12.3. The molecule has 0 amide bonds. The van der Waals surface area contributed by atoms with Crippen LogP contribution in [0.2, 0.25) is 0 Å². The van der Waals surface area contributed by atoms with E-state index in [9.17, 15) is 9.59 Å². The summed E-state index contributed by atoms with van der Waals surface area (Å²) in [7, 11) is 0. The van der Waals surface area contributed by atoms with E-state index in [1.807, 2.05) is 0 Å². The second-order valence-electron chi connectivity index (χ2n) is 4.12. The van der Waals surface area contributed by atoms with E-state index in [0.717, 1.165) is 0 Å². The molecule has 0 aliphatic carbocycles. The second kappa shape index (κ2) is 5.08. The van der Waals surface area contributed by atoms with Crippen molar-refractivity contribution in [1.29, 1.82) is 0 Å². The van der Waals surface area contributed by atoms with Gasteiger partial charge >= 0.3 is 11.9 Å². The molecule has 0 unspecified atom stereocenters. The van der Waals surface area contributed by atoms with Crippen LogP contribution < -0.4 is 0 Å². The Morgan fingerprint density at radius 1 is 1.40 bits per heavy atom. The molecule has 1 aliphatic rings. The fraction of sp³-hybridized carbons (Fsp3) is 0.250. The van der Waals surface area contributed by atoms with Gasteiger partial charge in [0.2, 0.25) is 6.10 Å². The summed E-state index contributed by atoms with van der Waals surface area (Å²) in [4.78, 5) is 23.5. The summed E-state index contributed by atoms with van der Waals surface area (Å²) in [6.07, 6.45) is 0.900. The maximum atomic E-state index is 12.2. The number of hydrogen-bond acceptors (Lipinski definition) is 7. The van der Waals surface area contributed by atoms with Crippen molar-refractivity contribution in [1.82, 2.24) is 20.2 Å². The number of para-hydroxylation sites is 1. The second-order valence-corrected chi connectivity index (χ2v) is 4.12. The first-order valence-corrected chi connectivity index (χ1v) is 5.96. The van der Waals surface area contributed by atoms with Crippen molar-refractivity contribution in [3.8, 4) is 5.69 Å². The van der Waals surface area contributed by atoms with Gasteiger partial charge in [-0.25, -0.2) is 9.59 Å². The topological polar surface area (TPSA) is 96.2 Å². The highest BCUT2D eigenvalue weighted by atomic mass is 16.6. The highest BCUT2D eigenvalue weighted by molar-refractivity contribution is 5.95. The number of tetrazole rings is 1. The summed E-state index contributed by atoms with van der Waals surface area (Å²) in [5.74, 6) is -1.13. The Labute approximate surface area is 113 Å². The summed E-state index contributed by atoms with van der Waals surface area (Å²) < 4.78 is 11.3. The molecule has 2 heterocycles. The standard InChI is InChI=1S/C12H10N4O4/c17-11(20-10-5-6-19-12(10)18)8-3-1-2-4-9(8)16-7-13-14-15-16/h1-4,7,10H,5-6H2/t10-/m0/s1. The van der Waals surface area contributed by atoms with E-state index in [1.54, 1.807) is 24.3 Å².